The summed E-state index contributed by atoms with van der Waals surface area (Å²) in [5.41, 5.74) is 0. The highest BCUT2D eigenvalue weighted by atomic mass is 28.4. The molecule has 19 heavy (non-hydrogen) atoms. The summed E-state index contributed by atoms with van der Waals surface area (Å²) in [7, 11) is 3.75. The van der Waals surface area contributed by atoms with Crippen molar-refractivity contribution in [1.29, 1.82) is 0 Å². The molecule has 0 radical (unpaired) electrons. The van der Waals surface area contributed by atoms with E-state index in [0.29, 0.717) is 18.9 Å². The zero-order chi connectivity index (χ0) is 14.5. The Labute approximate surface area is 115 Å². The summed E-state index contributed by atoms with van der Waals surface area (Å²) in [4.78, 5) is 24.5. The van der Waals surface area contributed by atoms with Crippen molar-refractivity contribution in [1.82, 2.24) is 4.90 Å². The maximum atomic E-state index is 11.9. The van der Waals surface area contributed by atoms with Crippen LogP contribution in [0.15, 0.2) is 0 Å². The predicted molar refractivity (Wildman–Crippen MR) is 71.3 cm³/mol. The predicted octanol–water partition coefficient (Wildman–Crippen LogP) is 1.04. The molecule has 0 bridgehead atoms. The number of imide groups is 1. The number of nitrogens with zero attached hydrogens (tertiary/aromatic N) is 1. The van der Waals surface area contributed by atoms with Crippen LogP contribution in [0.25, 0.3) is 0 Å². The van der Waals surface area contributed by atoms with Gasteiger partial charge in [0.1, 0.15) is 0 Å². The van der Waals surface area contributed by atoms with E-state index in [0.717, 1.165) is 12.8 Å². The highest BCUT2D eigenvalue weighted by Gasteiger charge is 2.38. The van der Waals surface area contributed by atoms with Crippen LogP contribution in [0.1, 0.15) is 25.7 Å². The van der Waals surface area contributed by atoms with E-state index in [1.807, 2.05) is 0 Å². The van der Waals surface area contributed by atoms with Crippen molar-refractivity contribution in [3.63, 3.8) is 0 Å². The first kappa shape index (κ1) is 16.3. The second kappa shape index (κ2) is 7.13. The minimum atomic E-state index is -2.55. The van der Waals surface area contributed by atoms with Gasteiger partial charge in [0.2, 0.25) is 11.8 Å². The van der Waals surface area contributed by atoms with E-state index in [4.69, 9.17) is 13.3 Å². The van der Waals surface area contributed by atoms with Crippen molar-refractivity contribution in [2.75, 3.05) is 28.4 Å². The van der Waals surface area contributed by atoms with Gasteiger partial charge in [-0.1, -0.05) is 0 Å². The van der Waals surface area contributed by atoms with Gasteiger partial charge in [-0.05, 0) is 19.3 Å². The first-order valence-electron chi connectivity index (χ1n) is 6.45. The largest absolute Gasteiger partial charge is 0.500 e. The van der Waals surface area contributed by atoms with E-state index in [9.17, 15) is 9.59 Å². The van der Waals surface area contributed by atoms with Gasteiger partial charge in [-0.3, -0.25) is 14.5 Å². The zero-order valence-corrected chi connectivity index (χ0v) is 13.1. The quantitative estimate of drug-likeness (QED) is 0.517. The Morgan fingerprint density at radius 1 is 1.21 bits per heavy atom. The van der Waals surface area contributed by atoms with E-state index >= 15 is 0 Å². The van der Waals surface area contributed by atoms with Crippen LogP contribution in [0.2, 0.25) is 6.04 Å². The molecule has 0 spiro atoms. The molecule has 6 nitrogen and oxygen atoms in total. The van der Waals surface area contributed by atoms with Gasteiger partial charge < -0.3 is 13.3 Å². The molecule has 1 unspecified atom stereocenters. The topological polar surface area (TPSA) is 65.1 Å². The Morgan fingerprint density at radius 2 is 1.79 bits per heavy atom. The van der Waals surface area contributed by atoms with E-state index < -0.39 is 8.80 Å². The first-order valence-corrected chi connectivity index (χ1v) is 8.38. The van der Waals surface area contributed by atoms with Crippen LogP contribution in [-0.4, -0.2) is 53.9 Å². The van der Waals surface area contributed by atoms with Gasteiger partial charge in [0.05, 0.1) is 0 Å². The number of hydrogen-bond donors (Lipinski definition) is 0. The summed E-state index contributed by atoms with van der Waals surface area (Å²) in [5, 5.41) is 0. The summed E-state index contributed by atoms with van der Waals surface area (Å²) in [6.45, 7) is 0. The van der Waals surface area contributed by atoms with Crippen molar-refractivity contribution in [2.24, 2.45) is 5.92 Å². The number of hydrogen-bond acceptors (Lipinski definition) is 5. The average Bonchev–Trinajstić information content (AvgIpc) is 2.44. The van der Waals surface area contributed by atoms with Gasteiger partial charge in [0, 0.05) is 46.8 Å². The highest BCUT2D eigenvalue weighted by Crippen LogP contribution is 2.25. The van der Waals surface area contributed by atoms with Crippen LogP contribution in [-0.2, 0) is 22.9 Å². The van der Waals surface area contributed by atoms with Crippen LogP contribution in [0.4, 0.5) is 0 Å². The van der Waals surface area contributed by atoms with E-state index in [1.165, 1.54) is 4.90 Å². The van der Waals surface area contributed by atoms with Gasteiger partial charge in [-0.2, -0.15) is 0 Å². The second-order valence-corrected chi connectivity index (χ2v) is 7.80. The lowest BCUT2D eigenvalue weighted by molar-refractivity contribution is -0.150. The fraction of sp³-hybridized carbons (Fsp3) is 0.833. The molecule has 1 atom stereocenters. The Bertz CT molecular complexity index is 324. The molecule has 0 aliphatic carbocycles. The Hall–Kier alpha value is -0.763. The number of amides is 2. The van der Waals surface area contributed by atoms with Crippen molar-refractivity contribution in [2.45, 2.75) is 31.7 Å². The molecule has 0 N–H and O–H groups in total. The lowest BCUT2D eigenvalue weighted by Crippen LogP contribution is -2.44. The van der Waals surface area contributed by atoms with Crippen LogP contribution < -0.4 is 0 Å². The maximum absolute atomic E-state index is 11.9. The third kappa shape index (κ3) is 3.85. The Kier molecular flexibility index (Phi) is 6.12. The molecule has 1 aliphatic heterocycles. The van der Waals surface area contributed by atoms with Gasteiger partial charge in [0.15, 0.2) is 0 Å². The molecule has 7 heteroatoms. The number of carbonyl (C=O) groups is 2. The average molecular weight is 289 g/mol. The first-order chi connectivity index (χ1) is 8.99. The van der Waals surface area contributed by atoms with E-state index in [2.05, 4.69) is 0 Å². The Balaban J connectivity index is 2.45. The second-order valence-electron chi connectivity index (χ2n) is 4.71. The summed E-state index contributed by atoms with van der Waals surface area (Å²) < 4.78 is 16.0. The molecule has 1 rings (SSSR count). The van der Waals surface area contributed by atoms with E-state index in [-0.39, 0.29) is 17.7 Å². The molecule has 0 aromatic carbocycles. The SMILES string of the molecule is CO[Si](CCCC1CCC(=O)N(C)C1=O)(OC)OC. The normalized spacial score (nSPS) is 21.1. The maximum Gasteiger partial charge on any atom is 0.500 e. The smallest absolute Gasteiger partial charge is 0.377 e. The third-order valence-electron chi connectivity index (χ3n) is 3.73. The van der Waals surface area contributed by atoms with Crippen molar-refractivity contribution in [3.8, 4) is 0 Å². The summed E-state index contributed by atoms with van der Waals surface area (Å²) in [6.07, 6.45) is 2.62. The summed E-state index contributed by atoms with van der Waals surface area (Å²) in [5.74, 6) is -0.230. The summed E-state index contributed by atoms with van der Waals surface area (Å²) in [6, 6.07) is 0.679. The highest BCUT2D eigenvalue weighted by molar-refractivity contribution is 6.60. The molecule has 2 amide bonds. The standard InChI is InChI=1S/C12H23NO5Si/c1-13-11(14)8-7-10(12(13)15)6-5-9-19(16-2,17-3)18-4/h10H,5-9H2,1-4H3. The molecule has 1 saturated heterocycles. The molecule has 0 aromatic heterocycles. The lowest BCUT2D eigenvalue weighted by atomic mass is 9.93. The van der Waals surface area contributed by atoms with Crippen molar-refractivity contribution >= 4 is 20.6 Å². The minimum absolute atomic E-state index is 0.0695. The van der Waals surface area contributed by atoms with Crippen molar-refractivity contribution in [3.05, 3.63) is 0 Å². The third-order valence-corrected chi connectivity index (χ3v) is 6.56. The molecule has 110 valence electrons. The number of piperidine rings is 1. The van der Waals surface area contributed by atoms with Gasteiger partial charge in [0.25, 0.3) is 0 Å². The van der Waals surface area contributed by atoms with Crippen molar-refractivity contribution < 1.29 is 22.9 Å². The number of carbonyl (C=O) groups excluding carboxylic acids is 2. The zero-order valence-electron chi connectivity index (χ0n) is 12.1. The Morgan fingerprint density at radius 3 is 2.32 bits per heavy atom. The molecule has 0 aromatic rings. The lowest BCUT2D eigenvalue weighted by Gasteiger charge is -2.29. The van der Waals surface area contributed by atoms with Crippen LogP contribution in [0, 0.1) is 5.92 Å². The molecular weight excluding hydrogens is 266 g/mol. The molecular formula is C12H23NO5Si. The minimum Gasteiger partial charge on any atom is -0.377 e. The van der Waals surface area contributed by atoms with Crippen LogP contribution >= 0.6 is 0 Å². The fourth-order valence-corrected chi connectivity index (χ4v) is 4.12. The fourth-order valence-electron chi connectivity index (χ4n) is 2.37. The molecule has 1 heterocycles. The van der Waals surface area contributed by atoms with Gasteiger partial charge in [-0.15, -0.1) is 0 Å². The van der Waals surface area contributed by atoms with Crippen LogP contribution in [0.5, 0.6) is 0 Å². The number of likely N-dealkylation sites (tertiary alicyclic amines) is 1. The molecule has 1 fully saturated rings. The number of rotatable bonds is 7. The van der Waals surface area contributed by atoms with Crippen LogP contribution in [0.3, 0.4) is 0 Å². The molecule has 1 aliphatic rings. The summed E-state index contributed by atoms with van der Waals surface area (Å²) >= 11 is 0. The van der Waals surface area contributed by atoms with Gasteiger partial charge in [-0.25, -0.2) is 0 Å². The van der Waals surface area contributed by atoms with E-state index in [1.54, 1.807) is 28.4 Å². The van der Waals surface area contributed by atoms with Gasteiger partial charge >= 0.3 is 8.80 Å². The monoisotopic (exact) mass is 289 g/mol. The molecule has 0 saturated carbocycles.